The molecule has 0 aromatic carbocycles. The minimum absolute atomic E-state index is 0.605. The van der Waals surface area contributed by atoms with Gasteiger partial charge in [0.1, 0.15) is 5.76 Å². The third-order valence-corrected chi connectivity index (χ3v) is 2.45. The fraction of sp³-hybridized carbons (Fsp3) is 0.700. The van der Waals surface area contributed by atoms with Gasteiger partial charge in [-0.15, -0.1) is 0 Å². The van der Waals surface area contributed by atoms with Crippen molar-refractivity contribution in [1.82, 2.24) is 4.90 Å². The molecule has 0 saturated heterocycles. The lowest BCUT2D eigenvalue weighted by Crippen LogP contribution is -2.36. The minimum Gasteiger partial charge on any atom is -0.362 e. The molecule has 3 nitrogen and oxygen atoms in total. The summed E-state index contributed by atoms with van der Waals surface area (Å²) in [6.45, 7) is 11.9. The van der Waals surface area contributed by atoms with Crippen molar-refractivity contribution < 1.29 is 4.84 Å². The molecule has 0 aromatic heterocycles. The van der Waals surface area contributed by atoms with E-state index in [-0.39, 0.29) is 0 Å². The van der Waals surface area contributed by atoms with E-state index in [1.54, 1.807) is 0 Å². The molecule has 0 bridgehead atoms. The summed E-state index contributed by atoms with van der Waals surface area (Å²) < 4.78 is 0. The van der Waals surface area contributed by atoms with Gasteiger partial charge in [-0.2, -0.15) is 0 Å². The Hall–Kier alpha value is -0.830. The zero-order chi connectivity index (χ0) is 9.84. The smallest absolute Gasteiger partial charge is 0.136 e. The molecule has 1 aliphatic heterocycles. The van der Waals surface area contributed by atoms with E-state index in [2.05, 4.69) is 37.5 Å². The Labute approximate surface area is 80.1 Å². The SMILES string of the molecule is C=NOC1=C(C)CN(C(C)C)CC1. The molecule has 0 aliphatic carbocycles. The van der Waals surface area contributed by atoms with E-state index >= 15 is 0 Å². The van der Waals surface area contributed by atoms with Crippen molar-refractivity contribution in [1.29, 1.82) is 0 Å². The quantitative estimate of drug-likeness (QED) is 0.492. The molecule has 0 radical (unpaired) electrons. The lowest BCUT2D eigenvalue weighted by atomic mass is 10.1. The first-order valence-corrected chi connectivity index (χ1v) is 4.71. The van der Waals surface area contributed by atoms with Crippen LogP contribution < -0.4 is 0 Å². The summed E-state index contributed by atoms with van der Waals surface area (Å²) in [6.07, 6.45) is 0.947. The Morgan fingerprint density at radius 1 is 1.54 bits per heavy atom. The first kappa shape index (κ1) is 10.3. The Morgan fingerprint density at radius 3 is 2.69 bits per heavy atom. The highest BCUT2D eigenvalue weighted by atomic mass is 16.6. The molecular formula is C10H18N2O. The molecular weight excluding hydrogens is 164 g/mol. The molecule has 0 spiro atoms. The zero-order valence-electron chi connectivity index (χ0n) is 8.71. The summed E-state index contributed by atoms with van der Waals surface area (Å²) in [7, 11) is 0. The van der Waals surface area contributed by atoms with Crippen LogP contribution >= 0.6 is 0 Å². The predicted molar refractivity (Wildman–Crippen MR) is 54.7 cm³/mol. The van der Waals surface area contributed by atoms with Crippen molar-refractivity contribution >= 4 is 6.72 Å². The minimum atomic E-state index is 0.605. The molecule has 1 rings (SSSR count). The molecule has 3 heteroatoms. The molecule has 0 N–H and O–H groups in total. The molecule has 0 amide bonds. The van der Waals surface area contributed by atoms with Crippen molar-refractivity contribution in [3.8, 4) is 0 Å². The highest BCUT2D eigenvalue weighted by Crippen LogP contribution is 2.20. The molecule has 0 atom stereocenters. The average molecular weight is 182 g/mol. The summed E-state index contributed by atoms with van der Waals surface area (Å²) >= 11 is 0. The van der Waals surface area contributed by atoms with E-state index in [1.807, 2.05) is 0 Å². The fourth-order valence-electron chi connectivity index (χ4n) is 1.57. The summed E-state index contributed by atoms with van der Waals surface area (Å²) in [5.74, 6) is 0.992. The second-order valence-corrected chi connectivity index (χ2v) is 3.74. The van der Waals surface area contributed by atoms with Crippen molar-refractivity contribution in [3.05, 3.63) is 11.3 Å². The van der Waals surface area contributed by atoms with E-state index in [4.69, 9.17) is 4.84 Å². The van der Waals surface area contributed by atoms with Crippen LogP contribution in [0.1, 0.15) is 27.2 Å². The third kappa shape index (κ3) is 2.56. The average Bonchev–Trinajstić information content (AvgIpc) is 2.08. The van der Waals surface area contributed by atoms with Crippen molar-refractivity contribution in [2.24, 2.45) is 5.16 Å². The van der Waals surface area contributed by atoms with Crippen LogP contribution in [0.3, 0.4) is 0 Å². The van der Waals surface area contributed by atoms with Gasteiger partial charge in [-0.05, 0) is 26.3 Å². The van der Waals surface area contributed by atoms with Gasteiger partial charge >= 0.3 is 0 Å². The Bertz CT molecular complexity index is 221. The Kier molecular flexibility index (Phi) is 3.48. The Morgan fingerprint density at radius 2 is 2.23 bits per heavy atom. The van der Waals surface area contributed by atoms with E-state index in [0.717, 1.165) is 25.3 Å². The van der Waals surface area contributed by atoms with E-state index < -0.39 is 0 Å². The lowest BCUT2D eigenvalue weighted by Gasteiger charge is -2.31. The molecule has 1 aliphatic rings. The van der Waals surface area contributed by atoms with E-state index in [1.165, 1.54) is 5.57 Å². The van der Waals surface area contributed by atoms with Crippen LogP contribution in [-0.2, 0) is 4.84 Å². The highest BCUT2D eigenvalue weighted by molar-refractivity contribution is 5.22. The maximum Gasteiger partial charge on any atom is 0.136 e. The van der Waals surface area contributed by atoms with Crippen molar-refractivity contribution in [2.75, 3.05) is 13.1 Å². The third-order valence-electron chi connectivity index (χ3n) is 2.45. The van der Waals surface area contributed by atoms with Crippen LogP contribution in [0.25, 0.3) is 0 Å². The van der Waals surface area contributed by atoms with Crippen LogP contribution in [0.2, 0.25) is 0 Å². The molecule has 74 valence electrons. The van der Waals surface area contributed by atoms with Crippen LogP contribution in [0.5, 0.6) is 0 Å². The van der Waals surface area contributed by atoms with Crippen LogP contribution in [0, 0.1) is 0 Å². The molecule has 0 fully saturated rings. The van der Waals surface area contributed by atoms with Crippen molar-refractivity contribution in [3.63, 3.8) is 0 Å². The second kappa shape index (κ2) is 4.42. The maximum atomic E-state index is 5.09. The van der Waals surface area contributed by atoms with Gasteiger partial charge in [0.2, 0.25) is 0 Å². The second-order valence-electron chi connectivity index (χ2n) is 3.74. The van der Waals surface area contributed by atoms with Gasteiger partial charge in [0.05, 0.1) is 0 Å². The number of hydrogen-bond acceptors (Lipinski definition) is 3. The Balaban J connectivity index is 2.60. The van der Waals surface area contributed by atoms with Gasteiger partial charge in [0, 0.05) is 32.3 Å². The molecule has 0 saturated carbocycles. The van der Waals surface area contributed by atoms with E-state index in [0.29, 0.717) is 6.04 Å². The summed E-state index contributed by atoms with van der Waals surface area (Å²) in [4.78, 5) is 7.51. The number of hydrogen-bond donors (Lipinski definition) is 0. The number of rotatable bonds is 3. The van der Waals surface area contributed by atoms with Gasteiger partial charge in [0.25, 0.3) is 0 Å². The van der Waals surface area contributed by atoms with Crippen LogP contribution in [-0.4, -0.2) is 30.7 Å². The van der Waals surface area contributed by atoms with Crippen LogP contribution in [0.4, 0.5) is 0 Å². The molecule has 1 heterocycles. The predicted octanol–water partition coefficient (Wildman–Crippen LogP) is 2.01. The first-order chi connectivity index (χ1) is 6.15. The number of oxime groups is 1. The van der Waals surface area contributed by atoms with E-state index in [9.17, 15) is 0 Å². The standard InChI is InChI=1S/C10H18N2O/c1-8(2)12-6-5-10(13-11-4)9(3)7-12/h8H,4-7H2,1-3H3. The summed E-state index contributed by atoms with van der Waals surface area (Å²) in [6, 6.07) is 0.605. The van der Waals surface area contributed by atoms with Gasteiger partial charge < -0.3 is 4.84 Å². The van der Waals surface area contributed by atoms with Gasteiger partial charge in [-0.25, -0.2) is 0 Å². The molecule has 13 heavy (non-hydrogen) atoms. The first-order valence-electron chi connectivity index (χ1n) is 4.71. The van der Waals surface area contributed by atoms with Crippen molar-refractivity contribution in [2.45, 2.75) is 33.2 Å². The largest absolute Gasteiger partial charge is 0.362 e. The normalized spacial score (nSPS) is 19.4. The summed E-state index contributed by atoms with van der Waals surface area (Å²) in [5, 5.41) is 3.45. The summed E-state index contributed by atoms with van der Waals surface area (Å²) in [5.41, 5.74) is 1.27. The van der Waals surface area contributed by atoms with Gasteiger partial charge in [0.15, 0.2) is 0 Å². The zero-order valence-corrected chi connectivity index (χ0v) is 8.71. The highest BCUT2D eigenvalue weighted by Gasteiger charge is 2.19. The topological polar surface area (TPSA) is 24.8 Å². The lowest BCUT2D eigenvalue weighted by molar-refractivity contribution is 0.161. The van der Waals surface area contributed by atoms with Gasteiger partial charge in [-0.3, -0.25) is 4.90 Å². The maximum absolute atomic E-state index is 5.09. The molecule has 0 unspecified atom stereocenters. The van der Waals surface area contributed by atoms with Gasteiger partial charge in [-0.1, -0.05) is 5.16 Å². The fourth-order valence-corrected chi connectivity index (χ4v) is 1.57. The monoisotopic (exact) mass is 182 g/mol. The number of nitrogens with zero attached hydrogens (tertiary/aromatic N) is 2. The van der Waals surface area contributed by atoms with Crippen LogP contribution in [0.15, 0.2) is 16.5 Å². The molecule has 0 aromatic rings.